The van der Waals surface area contributed by atoms with Crippen molar-refractivity contribution >= 4 is 5.91 Å². The number of aryl methyl sites for hydroxylation is 1. The second kappa shape index (κ2) is 7.23. The predicted molar refractivity (Wildman–Crippen MR) is 89.9 cm³/mol. The van der Waals surface area contributed by atoms with Crippen molar-refractivity contribution in [3.8, 4) is 5.75 Å². The van der Waals surface area contributed by atoms with Crippen molar-refractivity contribution in [3.05, 3.63) is 48.0 Å². The Labute approximate surface area is 145 Å². The van der Waals surface area contributed by atoms with Gasteiger partial charge in [0, 0.05) is 19.3 Å². The molecule has 25 heavy (non-hydrogen) atoms. The maximum absolute atomic E-state index is 12.9. The summed E-state index contributed by atoms with van der Waals surface area (Å²) in [7, 11) is 0. The number of ether oxygens (including phenoxy) is 1. The first-order valence-electron chi connectivity index (χ1n) is 8.41. The third-order valence-corrected chi connectivity index (χ3v) is 4.37. The Balaban J connectivity index is 1.62. The van der Waals surface area contributed by atoms with Crippen molar-refractivity contribution in [3.63, 3.8) is 0 Å². The van der Waals surface area contributed by atoms with Gasteiger partial charge in [0.1, 0.15) is 23.8 Å². The molecular formula is C18H22FN3O3. The van der Waals surface area contributed by atoms with E-state index in [0.717, 1.165) is 0 Å². The quantitative estimate of drug-likeness (QED) is 0.899. The Morgan fingerprint density at radius 3 is 2.84 bits per heavy atom. The topological polar surface area (TPSA) is 67.6 Å². The van der Waals surface area contributed by atoms with E-state index in [4.69, 9.17) is 4.74 Å². The van der Waals surface area contributed by atoms with Crippen LogP contribution in [0, 0.1) is 5.82 Å². The van der Waals surface area contributed by atoms with E-state index in [1.54, 1.807) is 22.0 Å². The predicted octanol–water partition coefficient (Wildman–Crippen LogP) is 2.09. The number of likely N-dealkylation sites (tertiary alicyclic amines) is 1. The van der Waals surface area contributed by atoms with Gasteiger partial charge in [0.05, 0.1) is 18.3 Å². The van der Waals surface area contributed by atoms with Gasteiger partial charge in [-0.25, -0.2) is 4.39 Å². The van der Waals surface area contributed by atoms with Gasteiger partial charge in [-0.2, -0.15) is 5.10 Å². The summed E-state index contributed by atoms with van der Waals surface area (Å²) in [4.78, 5) is 14.2. The summed E-state index contributed by atoms with van der Waals surface area (Å²) in [6.07, 6.45) is 4.50. The van der Waals surface area contributed by atoms with E-state index in [0.29, 0.717) is 37.2 Å². The number of carbonyl (C=O) groups is 1. The van der Waals surface area contributed by atoms with E-state index in [1.807, 2.05) is 6.92 Å². The Morgan fingerprint density at radius 1 is 1.40 bits per heavy atom. The van der Waals surface area contributed by atoms with E-state index in [1.165, 1.54) is 24.3 Å². The molecule has 1 saturated heterocycles. The van der Waals surface area contributed by atoms with Crippen LogP contribution in [0.25, 0.3) is 0 Å². The molecule has 0 bridgehead atoms. The zero-order valence-corrected chi connectivity index (χ0v) is 14.2. The van der Waals surface area contributed by atoms with Gasteiger partial charge in [-0.15, -0.1) is 0 Å². The molecule has 1 fully saturated rings. The van der Waals surface area contributed by atoms with Crippen molar-refractivity contribution in [1.29, 1.82) is 0 Å². The van der Waals surface area contributed by atoms with Gasteiger partial charge in [-0.3, -0.25) is 9.48 Å². The van der Waals surface area contributed by atoms with Crippen LogP contribution in [-0.2, 0) is 6.54 Å². The SMILES string of the molecule is CCn1cc(C(=O)N2CCCC(O)(COc3ccc(F)cc3)C2)cn1. The Morgan fingerprint density at radius 2 is 2.16 bits per heavy atom. The molecule has 1 aliphatic rings. The number of halogens is 1. The van der Waals surface area contributed by atoms with Crippen molar-refractivity contribution in [2.24, 2.45) is 0 Å². The highest BCUT2D eigenvalue weighted by atomic mass is 19.1. The number of aliphatic hydroxyl groups is 1. The van der Waals surface area contributed by atoms with Gasteiger partial charge in [0.25, 0.3) is 5.91 Å². The molecule has 1 aromatic carbocycles. The van der Waals surface area contributed by atoms with E-state index in [9.17, 15) is 14.3 Å². The van der Waals surface area contributed by atoms with Crippen LogP contribution in [0.5, 0.6) is 5.75 Å². The molecule has 3 rings (SSSR count). The lowest BCUT2D eigenvalue weighted by Gasteiger charge is -2.38. The molecule has 1 aliphatic heterocycles. The van der Waals surface area contributed by atoms with Gasteiger partial charge in [-0.05, 0) is 44.0 Å². The highest BCUT2D eigenvalue weighted by Crippen LogP contribution is 2.24. The highest BCUT2D eigenvalue weighted by Gasteiger charge is 2.36. The molecule has 7 heteroatoms. The van der Waals surface area contributed by atoms with Crippen LogP contribution in [0.2, 0.25) is 0 Å². The van der Waals surface area contributed by atoms with Gasteiger partial charge >= 0.3 is 0 Å². The largest absolute Gasteiger partial charge is 0.491 e. The molecule has 2 aromatic rings. The molecule has 134 valence electrons. The fourth-order valence-corrected chi connectivity index (χ4v) is 2.98. The Bertz CT molecular complexity index is 731. The van der Waals surface area contributed by atoms with Gasteiger partial charge in [0.2, 0.25) is 0 Å². The number of benzene rings is 1. The maximum atomic E-state index is 12.9. The van der Waals surface area contributed by atoms with Crippen molar-refractivity contribution in [2.45, 2.75) is 31.9 Å². The molecule has 2 heterocycles. The molecular weight excluding hydrogens is 325 g/mol. The molecule has 1 aromatic heterocycles. The monoisotopic (exact) mass is 347 g/mol. The fraction of sp³-hybridized carbons (Fsp3) is 0.444. The smallest absolute Gasteiger partial charge is 0.257 e. The van der Waals surface area contributed by atoms with E-state index < -0.39 is 5.60 Å². The molecule has 0 saturated carbocycles. The minimum Gasteiger partial charge on any atom is -0.491 e. The average Bonchev–Trinajstić information content (AvgIpc) is 3.10. The molecule has 1 N–H and O–H groups in total. The van der Waals surface area contributed by atoms with E-state index >= 15 is 0 Å². The van der Waals surface area contributed by atoms with Crippen LogP contribution >= 0.6 is 0 Å². The van der Waals surface area contributed by atoms with Crippen LogP contribution in [0.15, 0.2) is 36.7 Å². The standard InChI is InChI=1S/C18H22FN3O3/c1-2-22-11-14(10-20-22)17(23)21-9-3-8-18(24,12-21)13-25-16-6-4-15(19)5-7-16/h4-7,10-11,24H,2-3,8-9,12-13H2,1H3. The number of nitrogens with zero attached hydrogens (tertiary/aromatic N) is 3. The van der Waals surface area contributed by atoms with Crippen LogP contribution < -0.4 is 4.74 Å². The second-order valence-corrected chi connectivity index (χ2v) is 6.38. The first-order chi connectivity index (χ1) is 12.0. The van der Waals surface area contributed by atoms with Crippen LogP contribution in [0.3, 0.4) is 0 Å². The lowest BCUT2D eigenvalue weighted by atomic mass is 9.93. The molecule has 0 aliphatic carbocycles. The summed E-state index contributed by atoms with van der Waals surface area (Å²) in [5.74, 6) is 0.00947. The van der Waals surface area contributed by atoms with Crippen molar-refractivity contribution in [1.82, 2.24) is 14.7 Å². The van der Waals surface area contributed by atoms with E-state index in [-0.39, 0.29) is 24.9 Å². The number of hydrogen-bond donors (Lipinski definition) is 1. The number of β-amino-alcohol motifs (C(OH)–C–C–N with tert-alkyl or cyclic N) is 1. The molecule has 1 unspecified atom stereocenters. The zero-order valence-electron chi connectivity index (χ0n) is 14.2. The molecule has 0 radical (unpaired) electrons. The lowest BCUT2D eigenvalue weighted by Crippen LogP contribution is -2.53. The normalized spacial score (nSPS) is 20.5. The van der Waals surface area contributed by atoms with Crippen molar-refractivity contribution < 1.29 is 19.0 Å². The third-order valence-electron chi connectivity index (χ3n) is 4.37. The number of amides is 1. The molecule has 1 atom stereocenters. The summed E-state index contributed by atoms with van der Waals surface area (Å²) in [6.45, 7) is 3.49. The van der Waals surface area contributed by atoms with Gasteiger partial charge in [-0.1, -0.05) is 0 Å². The first kappa shape index (κ1) is 17.4. The van der Waals surface area contributed by atoms with Gasteiger partial charge in [0.15, 0.2) is 0 Å². The summed E-state index contributed by atoms with van der Waals surface area (Å²) in [5, 5.41) is 14.9. The minimum absolute atomic E-state index is 0.0522. The zero-order chi connectivity index (χ0) is 17.9. The van der Waals surface area contributed by atoms with E-state index in [2.05, 4.69) is 5.10 Å². The maximum Gasteiger partial charge on any atom is 0.257 e. The van der Waals surface area contributed by atoms with Crippen LogP contribution in [-0.4, -0.2) is 51.0 Å². The lowest BCUT2D eigenvalue weighted by molar-refractivity contribution is -0.0532. The Kier molecular flexibility index (Phi) is 5.03. The van der Waals surface area contributed by atoms with Crippen LogP contribution in [0.4, 0.5) is 4.39 Å². The number of piperidine rings is 1. The molecule has 1 amide bonds. The molecule has 6 nitrogen and oxygen atoms in total. The Hall–Kier alpha value is -2.41. The fourth-order valence-electron chi connectivity index (χ4n) is 2.98. The third kappa shape index (κ3) is 4.17. The summed E-state index contributed by atoms with van der Waals surface area (Å²) >= 11 is 0. The van der Waals surface area contributed by atoms with Crippen molar-refractivity contribution in [2.75, 3.05) is 19.7 Å². The second-order valence-electron chi connectivity index (χ2n) is 6.38. The minimum atomic E-state index is -1.12. The number of rotatable bonds is 5. The average molecular weight is 347 g/mol. The first-order valence-corrected chi connectivity index (χ1v) is 8.41. The van der Waals surface area contributed by atoms with Gasteiger partial charge < -0.3 is 14.7 Å². The number of hydrogen-bond acceptors (Lipinski definition) is 4. The number of carbonyl (C=O) groups excluding carboxylic acids is 1. The molecule has 0 spiro atoms. The highest BCUT2D eigenvalue weighted by molar-refractivity contribution is 5.93. The van der Waals surface area contributed by atoms with Crippen LogP contribution in [0.1, 0.15) is 30.1 Å². The summed E-state index contributed by atoms with van der Waals surface area (Å²) in [6, 6.07) is 5.65. The number of aromatic nitrogens is 2. The summed E-state index contributed by atoms with van der Waals surface area (Å²) in [5.41, 5.74) is -0.603. The summed E-state index contributed by atoms with van der Waals surface area (Å²) < 4.78 is 20.2.